The van der Waals surface area contributed by atoms with Gasteiger partial charge in [0, 0.05) is 21.6 Å². The van der Waals surface area contributed by atoms with Gasteiger partial charge in [0.25, 0.3) is 0 Å². The van der Waals surface area contributed by atoms with Crippen LogP contribution in [-0.2, 0) is 16.1 Å². The molecular formula is C20H18BrNO5. The molecule has 0 radical (unpaired) electrons. The zero-order valence-electron chi connectivity index (χ0n) is 14.5. The number of esters is 1. The maximum Gasteiger partial charge on any atom is 0.338 e. The number of carbonyl (C=O) groups excluding carboxylic acids is 2. The van der Waals surface area contributed by atoms with Crippen LogP contribution in [0.1, 0.15) is 28.8 Å². The predicted molar refractivity (Wildman–Crippen MR) is 102 cm³/mol. The lowest BCUT2D eigenvalue weighted by Gasteiger charge is -2.20. The summed E-state index contributed by atoms with van der Waals surface area (Å²) in [5, 5.41) is 2.83. The molecule has 1 fully saturated rings. The Morgan fingerprint density at radius 3 is 2.59 bits per heavy atom. The molecule has 1 heterocycles. The van der Waals surface area contributed by atoms with Gasteiger partial charge < -0.3 is 19.5 Å². The van der Waals surface area contributed by atoms with Crippen molar-refractivity contribution in [3.8, 4) is 11.5 Å². The minimum Gasteiger partial charge on any atom is -0.486 e. The van der Waals surface area contributed by atoms with Crippen molar-refractivity contribution in [2.24, 2.45) is 5.92 Å². The molecule has 2 aliphatic rings. The van der Waals surface area contributed by atoms with Gasteiger partial charge in [0.05, 0.1) is 5.56 Å². The van der Waals surface area contributed by atoms with E-state index >= 15 is 0 Å². The van der Waals surface area contributed by atoms with Gasteiger partial charge in [-0.1, -0.05) is 22.0 Å². The molecule has 0 bridgehead atoms. The highest BCUT2D eigenvalue weighted by Gasteiger charge is 2.29. The second kappa shape index (κ2) is 7.60. The molecule has 0 unspecified atom stereocenters. The fourth-order valence-electron chi connectivity index (χ4n) is 2.76. The van der Waals surface area contributed by atoms with Crippen LogP contribution in [0.15, 0.2) is 40.9 Å². The number of benzene rings is 2. The molecule has 27 heavy (non-hydrogen) atoms. The third-order valence-electron chi connectivity index (χ3n) is 4.38. The highest BCUT2D eigenvalue weighted by molar-refractivity contribution is 9.10. The predicted octanol–water partition coefficient (Wildman–Crippen LogP) is 3.93. The average Bonchev–Trinajstić information content (AvgIpc) is 3.51. The SMILES string of the molecule is O=C(OCc1cc2c(cc1Br)OCCO2)c1cccc(NC(=O)C2CC2)c1. The van der Waals surface area contributed by atoms with E-state index in [4.69, 9.17) is 14.2 Å². The standard InChI is InChI=1S/C20H18BrNO5/c21-16-10-18-17(25-6-7-26-18)9-14(16)11-27-20(24)13-2-1-3-15(8-13)22-19(23)12-4-5-12/h1-3,8-10,12H,4-7,11H2,(H,22,23). The summed E-state index contributed by atoms with van der Waals surface area (Å²) in [7, 11) is 0. The second-order valence-electron chi connectivity index (χ2n) is 6.51. The van der Waals surface area contributed by atoms with Crippen molar-refractivity contribution in [2.45, 2.75) is 19.4 Å². The number of hydrogen-bond acceptors (Lipinski definition) is 5. The van der Waals surface area contributed by atoms with Crippen molar-refractivity contribution < 1.29 is 23.8 Å². The Morgan fingerprint density at radius 1 is 1.11 bits per heavy atom. The highest BCUT2D eigenvalue weighted by Crippen LogP contribution is 2.36. The van der Waals surface area contributed by atoms with Crippen LogP contribution in [0.5, 0.6) is 11.5 Å². The number of rotatable bonds is 5. The molecule has 0 atom stereocenters. The molecule has 140 valence electrons. The molecule has 6 nitrogen and oxygen atoms in total. The van der Waals surface area contributed by atoms with Crippen molar-refractivity contribution in [2.75, 3.05) is 18.5 Å². The van der Waals surface area contributed by atoms with Gasteiger partial charge in [-0.15, -0.1) is 0 Å². The zero-order valence-corrected chi connectivity index (χ0v) is 16.1. The van der Waals surface area contributed by atoms with Crippen molar-refractivity contribution in [3.63, 3.8) is 0 Å². The molecule has 1 aliphatic carbocycles. The molecule has 1 amide bonds. The van der Waals surface area contributed by atoms with Crippen LogP contribution in [0.3, 0.4) is 0 Å². The third-order valence-corrected chi connectivity index (χ3v) is 5.12. The fourth-order valence-corrected chi connectivity index (χ4v) is 3.19. The van der Waals surface area contributed by atoms with Crippen molar-refractivity contribution >= 4 is 33.5 Å². The number of ether oxygens (including phenoxy) is 3. The van der Waals surface area contributed by atoms with Crippen LogP contribution in [0.2, 0.25) is 0 Å². The van der Waals surface area contributed by atoms with E-state index in [2.05, 4.69) is 21.2 Å². The molecular weight excluding hydrogens is 414 g/mol. The van der Waals surface area contributed by atoms with Gasteiger partial charge in [-0.25, -0.2) is 4.79 Å². The topological polar surface area (TPSA) is 73.9 Å². The van der Waals surface area contributed by atoms with E-state index in [9.17, 15) is 9.59 Å². The summed E-state index contributed by atoms with van der Waals surface area (Å²) < 4.78 is 17.3. The number of hydrogen-bond donors (Lipinski definition) is 1. The second-order valence-corrected chi connectivity index (χ2v) is 7.36. The van der Waals surface area contributed by atoms with E-state index in [-0.39, 0.29) is 18.4 Å². The molecule has 0 spiro atoms. The van der Waals surface area contributed by atoms with E-state index < -0.39 is 5.97 Å². The summed E-state index contributed by atoms with van der Waals surface area (Å²) in [6.07, 6.45) is 1.86. The van der Waals surface area contributed by atoms with Crippen LogP contribution >= 0.6 is 15.9 Å². The quantitative estimate of drug-likeness (QED) is 0.725. The number of nitrogens with one attached hydrogen (secondary N) is 1. The van der Waals surface area contributed by atoms with Crippen LogP contribution in [0.25, 0.3) is 0 Å². The lowest BCUT2D eigenvalue weighted by molar-refractivity contribution is -0.117. The highest BCUT2D eigenvalue weighted by atomic mass is 79.9. The molecule has 1 N–H and O–H groups in total. The fraction of sp³-hybridized carbons (Fsp3) is 0.300. The summed E-state index contributed by atoms with van der Waals surface area (Å²) in [6, 6.07) is 10.4. The lowest BCUT2D eigenvalue weighted by Crippen LogP contribution is -2.16. The first kappa shape index (κ1) is 17.9. The van der Waals surface area contributed by atoms with Gasteiger partial charge in [0.2, 0.25) is 5.91 Å². The number of fused-ring (bicyclic) bond motifs is 1. The first-order valence-electron chi connectivity index (χ1n) is 8.76. The Balaban J connectivity index is 1.41. The molecule has 0 saturated heterocycles. The summed E-state index contributed by atoms with van der Waals surface area (Å²) in [4.78, 5) is 24.3. The molecule has 2 aromatic carbocycles. The molecule has 1 aliphatic heterocycles. The summed E-state index contributed by atoms with van der Waals surface area (Å²) >= 11 is 3.47. The van der Waals surface area contributed by atoms with Crippen molar-refractivity contribution in [1.82, 2.24) is 0 Å². The summed E-state index contributed by atoms with van der Waals surface area (Å²) in [5.41, 5.74) is 1.77. The van der Waals surface area contributed by atoms with E-state index in [1.165, 1.54) is 0 Å². The number of amides is 1. The normalized spacial score (nSPS) is 15.1. The maximum absolute atomic E-state index is 12.4. The number of halogens is 1. The Labute approximate surface area is 164 Å². The van der Waals surface area contributed by atoms with Gasteiger partial charge in [-0.3, -0.25) is 4.79 Å². The zero-order chi connectivity index (χ0) is 18.8. The van der Waals surface area contributed by atoms with Crippen LogP contribution in [0, 0.1) is 5.92 Å². The van der Waals surface area contributed by atoms with Gasteiger partial charge >= 0.3 is 5.97 Å². The largest absolute Gasteiger partial charge is 0.486 e. The average molecular weight is 432 g/mol. The van der Waals surface area contributed by atoms with E-state index in [1.54, 1.807) is 30.3 Å². The first-order valence-corrected chi connectivity index (χ1v) is 9.55. The van der Waals surface area contributed by atoms with Crippen LogP contribution < -0.4 is 14.8 Å². The molecule has 2 aromatic rings. The lowest BCUT2D eigenvalue weighted by atomic mass is 10.2. The van der Waals surface area contributed by atoms with E-state index in [0.29, 0.717) is 36.0 Å². The maximum atomic E-state index is 12.4. The molecule has 1 saturated carbocycles. The first-order chi connectivity index (χ1) is 13.1. The van der Waals surface area contributed by atoms with Gasteiger partial charge in [0.1, 0.15) is 19.8 Å². The molecule has 4 rings (SSSR count). The number of carbonyl (C=O) groups is 2. The molecule has 7 heteroatoms. The minimum atomic E-state index is -0.459. The van der Waals surface area contributed by atoms with Crippen LogP contribution in [0.4, 0.5) is 5.69 Å². The summed E-state index contributed by atoms with van der Waals surface area (Å²) in [6.45, 7) is 1.10. The third kappa shape index (κ3) is 4.24. The van der Waals surface area contributed by atoms with Gasteiger partial charge in [0.15, 0.2) is 11.5 Å². The van der Waals surface area contributed by atoms with E-state index in [0.717, 1.165) is 22.9 Å². The van der Waals surface area contributed by atoms with Gasteiger partial charge in [-0.2, -0.15) is 0 Å². The van der Waals surface area contributed by atoms with Crippen molar-refractivity contribution in [3.05, 3.63) is 52.0 Å². The minimum absolute atomic E-state index is 0.000672. The number of anilines is 1. The monoisotopic (exact) mass is 431 g/mol. The Kier molecular flexibility index (Phi) is 5.03. The smallest absolute Gasteiger partial charge is 0.338 e. The Morgan fingerprint density at radius 2 is 1.85 bits per heavy atom. The Hall–Kier alpha value is -2.54. The summed E-state index contributed by atoms with van der Waals surface area (Å²) in [5.74, 6) is 0.954. The van der Waals surface area contributed by atoms with Gasteiger partial charge in [-0.05, 0) is 43.2 Å². The molecule has 0 aromatic heterocycles. The van der Waals surface area contributed by atoms with Crippen LogP contribution in [-0.4, -0.2) is 25.1 Å². The van der Waals surface area contributed by atoms with Crippen molar-refractivity contribution in [1.29, 1.82) is 0 Å². The van der Waals surface area contributed by atoms with E-state index in [1.807, 2.05) is 6.07 Å². The Bertz CT molecular complexity index is 894.